The predicted molar refractivity (Wildman–Crippen MR) is 143 cm³/mol. The highest BCUT2D eigenvalue weighted by Gasteiger charge is 2.43. The predicted octanol–water partition coefficient (Wildman–Crippen LogP) is 6.68. The zero-order chi connectivity index (χ0) is 30.9. The Morgan fingerprint density at radius 1 is 0.860 bits per heavy atom. The Bertz CT molecular complexity index is 1640. The van der Waals surface area contributed by atoms with E-state index in [4.69, 9.17) is 4.74 Å². The lowest BCUT2D eigenvalue weighted by Crippen LogP contribution is -2.45. The van der Waals surface area contributed by atoms with Crippen molar-refractivity contribution in [1.82, 2.24) is 19.9 Å². The number of amides is 1. The largest absolute Gasteiger partial charge is 0.471 e. The summed E-state index contributed by atoms with van der Waals surface area (Å²) in [6.45, 7) is 0.0192. The molecule has 4 aromatic rings. The maximum Gasteiger partial charge on any atom is 0.471 e. The molecule has 5 rings (SSSR count). The van der Waals surface area contributed by atoms with Crippen molar-refractivity contribution in [3.8, 4) is 28.1 Å². The Balaban J connectivity index is 1.39. The molecule has 0 unspecified atom stereocenters. The van der Waals surface area contributed by atoms with Gasteiger partial charge in [0, 0.05) is 18.7 Å². The van der Waals surface area contributed by atoms with Crippen LogP contribution in [0.25, 0.3) is 28.1 Å². The van der Waals surface area contributed by atoms with Crippen LogP contribution in [0.2, 0.25) is 0 Å². The third-order valence-electron chi connectivity index (χ3n) is 7.32. The van der Waals surface area contributed by atoms with Gasteiger partial charge in [0.25, 0.3) is 0 Å². The minimum atomic E-state index is -4.89. The molecule has 0 spiro atoms. The molecule has 1 aliphatic heterocycles. The third-order valence-corrected chi connectivity index (χ3v) is 7.32. The normalized spacial score (nSPS) is 14.5. The van der Waals surface area contributed by atoms with E-state index in [1.807, 2.05) is 24.3 Å². The summed E-state index contributed by atoms with van der Waals surface area (Å²) in [4.78, 5) is 24.8. The number of likely N-dealkylation sites (tertiary alicyclic amines) is 1. The number of benzene rings is 3. The van der Waals surface area contributed by atoms with Gasteiger partial charge in [-0.1, -0.05) is 41.6 Å². The molecular formula is C30H24F6N4O3. The van der Waals surface area contributed by atoms with E-state index in [1.54, 1.807) is 12.1 Å². The van der Waals surface area contributed by atoms with Crippen LogP contribution in [0, 0.1) is 0 Å². The molecule has 2 heterocycles. The monoisotopic (exact) mass is 602 g/mol. The third kappa shape index (κ3) is 6.55. The average molecular weight is 603 g/mol. The minimum Gasteiger partial charge on any atom is -0.465 e. The zero-order valence-electron chi connectivity index (χ0n) is 22.6. The fourth-order valence-corrected chi connectivity index (χ4v) is 5.07. The van der Waals surface area contributed by atoms with Crippen LogP contribution in [0.3, 0.4) is 0 Å². The minimum absolute atomic E-state index is 0.00961. The van der Waals surface area contributed by atoms with Gasteiger partial charge in [-0.15, -0.1) is 5.10 Å². The van der Waals surface area contributed by atoms with Crippen molar-refractivity contribution >= 4 is 11.9 Å². The van der Waals surface area contributed by atoms with Gasteiger partial charge >= 0.3 is 24.2 Å². The van der Waals surface area contributed by atoms with Gasteiger partial charge in [-0.25, -0.2) is 9.48 Å². The Labute approximate surface area is 241 Å². The molecule has 43 heavy (non-hydrogen) atoms. The lowest BCUT2D eigenvalue weighted by atomic mass is 9.88. The summed E-state index contributed by atoms with van der Waals surface area (Å²) in [7, 11) is 1.23. The SMILES string of the molecule is COC(=O)c1cc(-c2ccc(C3CCN(C(=O)C(F)(F)F)CC3)cc2)cc(-n2cc(-c3cccc(C(F)(F)F)c3)nn2)c1. The molecule has 0 N–H and O–H groups in total. The summed E-state index contributed by atoms with van der Waals surface area (Å²) in [6, 6.07) is 16.9. The van der Waals surface area contributed by atoms with Gasteiger partial charge in [-0.05, 0) is 65.8 Å². The molecule has 224 valence electrons. The number of hydrogen-bond acceptors (Lipinski definition) is 5. The highest BCUT2D eigenvalue weighted by molar-refractivity contribution is 5.92. The number of methoxy groups -OCH3 is 1. The molecule has 13 heteroatoms. The molecule has 0 aliphatic carbocycles. The quantitative estimate of drug-likeness (QED) is 0.188. The number of carbonyl (C=O) groups is 2. The van der Waals surface area contributed by atoms with Crippen molar-refractivity contribution in [3.63, 3.8) is 0 Å². The molecule has 0 bridgehead atoms. The van der Waals surface area contributed by atoms with Crippen molar-refractivity contribution in [2.45, 2.75) is 31.1 Å². The first-order chi connectivity index (χ1) is 20.3. The number of alkyl halides is 6. The number of ether oxygens (including phenoxy) is 1. The van der Waals surface area contributed by atoms with Crippen molar-refractivity contribution in [3.05, 3.63) is 89.6 Å². The molecule has 0 atom stereocenters. The Morgan fingerprint density at radius 2 is 1.56 bits per heavy atom. The summed E-state index contributed by atoms with van der Waals surface area (Å²) in [5.74, 6) is -2.46. The van der Waals surface area contributed by atoms with E-state index in [0.717, 1.165) is 28.2 Å². The number of piperidine rings is 1. The van der Waals surface area contributed by atoms with E-state index >= 15 is 0 Å². The summed E-state index contributed by atoms with van der Waals surface area (Å²) in [6.07, 6.45) is -7.17. The number of esters is 1. The first-order valence-corrected chi connectivity index (χ1v) is 13.1. The lowest BCUT2D eigenvalue weighted by Gasteiger charge is -2.32. The van der Waals surface area contributed by atoms with Crippen molar-refractivity contribution < 1.29 is 40.7 Å². The van der Waals surface area contributed by atoms with Gasteiger partial charge < -0.3 is 9.64 Å². The van der Waals surface area contributed by atoms with Crippen LogP contribution >= 0.6 is 0 Å². The van der Waals surface area contributed by atoms with E-state index < -0.39 is 29.8 Å². The second-order valence-electron chi connectivity index (χ2n) is 10.1. The standard InChI is InChI=1S/C30H24F6N4O3/c1-43-27(41)23-13-22(19-7-5-18(6-8-19)20-9-11-39(12-10-20)28(42)30(34,35)36)15-25(16-23)40-17-26(37-38-40)21-3-2-4-24(14-21)29(31,32)33/h2-8,13-17,20H,9-12H2,1H3. The van der Waals surface area contributed by atoms with Gasteiger partial charge in [0.1, 0.15) is 5.69 Å². The summed E-state index contributed by atoms with van der Waals surface area (Å²) in [5, 5.41) is 8.08. The second kappa shape index (κ2) is 11.5. The van der Waals surface area contributed by atoms with E-state index in [2.05, 4.69) is 10.3 Å². The smallest absolute Gasteiger partial charge is 0.465 e. The number of rotatable bonds is 5. The van der Waals surface area contributed by atoms with Crippen molar-refractivity contribution in [2.75, 3.05) is 20.2 Å². The molecule has 3 aromatic carbocycles. The number of nitrogens with zero attached hydrogens (tertiary/aromatic N) is 4. The van der Waals surface area contributed by atoms with Gasteiger partial charge in [-0.3, -0.25) is 4.79 Å². The number of hydrogen-bond donors (Lipinski definition) is 0. The average Bonchev–Trinajstić information content (AvgIpc) is 3.50. The van der Waals surface area contributed by atoms with E-state index in [1.165, 1.54) is 36.2 Å². The molecule has 1 amide bonds. The second-order valence-corrected chi connectivity index (χ2v) is 10.1. The van der Waals surface area contributed by atoms with Gasteiger partial charge in [0.2, 0.25) is 0 Å². The van der Waals surface area contributed by atoms with Crippen LogP contribution < -0.4 is 0 Å². The maximum atomic E-state index is 13.2. The van der Waals surface area contributed by atoms with E-state index in [0.29, 0.717) is 24.1 Å². The fraction of sp³-hybridized carbons (Fsp3) is 0.267. The van der Waals surface area contributed by atoms with E-state index in [9.17, 15) is 35.9 Å². The van der Waals surface area contributed by atoms with Crippen LogP contribution in [0.15, 0.2) is 72.9 Å². The fourth-order valence-electron chi connectivity index (χ4n) is 5.07. The number of carbonyl (C=O) groups excluding carboxylic acids is 2. The molecule has 7 nitrogen and oxygen atoms in total. The van der Waals surface area contributed by atoms with Gasteiger partial charge in [0.15, 0.2) is 0 Å². The molecule has 0 radical (unpaired) electrons. The van der Waals surface area contributed by atoms with Crippen molar-refractivity contribution in [1.29, 1.82) is 0 Å². The van der Waals surface area contributed by atoms with Gasteiger partial charge in [0.05, 0.1) is 30.1 Å². The molecule has 1 aromatic heterocycles. The highest BCUT2D eigenvalue weighted by atomic mass is 19.4. The van der Waals surface area contributed by atoms with Crippen LogP contribution in [-0.2, 0) is 15.7 Å². The van der Waals surface area contributed by atoms with Crippen LogP contribution in [0.1, 0.15) is 40.2 Å². The van der Waals surface area contributed by atoms with Crippen LogP contribution in [0.4, 0.5) is 26.3 Å². The van der Waals surface area contributed by atoms with E-state index in [-0.39, 0.29) is 35.8 Å². The molecule has 1 saturated heterocycles. The Kier molecular flexibility index (Phi) is 8.00. The van der Waals surface area contributed by atoms with Gasteiger partial charge in [-0.2, -0.15) is 26.3 Å². The maximum absolute atomic E-state index is 13.2. The van der Waals surface area contributed by atoms with Crippen LogP contribution in [0.5, 0.6) is 0 Å². The highest BCUT2D eigenvalue weighted by Crippen LogP contribution is 2.34. The summed E-state index contributed by atoms with van der Waals surface area (Å²) < 4.78 is 84.1. The lowest BCUT2D eigenvalue weighted by molar-refractivity contribution is -0.186. The Morgan fingerprint density at radius 3 is 2.19 bits per heavy atom. The van der Waals surface area contributed by atoms with Crippen LogP contribution in [-0.4, -0.2) is 58.1 Å². The summed E-state index contributed by atoms with van der Waals surface area (Å²) in [5.41, 5.74) is 2.46. The zero-order valence-corrected chi connectivity index (χ0v) is 22.6. The Hall–Kier alpha value is -4.68. The first-order valence-electron chi connectivity index (χ1n) is 13.1. The molecule has 1 fully saturated rings. The topological polar surface area (TPSA) is 77.3 Å². The first kappa shape index (κ1) is 29.8. The summed E-state index contributed by atoms with van der Waals surface area (Å²) >= 11 is 0. The number of halogens is 6. The number of aromatic nitrogens is 3. The van der Waals surface area contributed by atoms with Crippen molar-refractivity contribution in [2.24, 2.45) is 0 Å². The molecule has 0 saturated carbocycles. The molecular weight excluding hydrogens is 578 g/mol. The molecule has 1 aliphatic rings.